The molecule has 188 valence electrons. The number of hydrogen-bond acceptors (Lipinski definition) is 4. The lowest BCUT2D eigenvalue weighted by Gasteiger charge is -2.25. The van der Waals surface area contributed by atoms with Gasteiger partial charge in [0.1, 0.15) is 0 Å². The van der Waals surface area contributed by atoms with E-state index in [9.17, 15) is 13.2 Å². The van der Waals surface area contributed by atoms with Crippen LogP contribution in [0.15, 0.2) is 58.9 Å². The number of aromatic nitrogens is 1. The topological polar surface area (TPSA) is 71.7 Å². The number of carbonyl (C=O) groups is 1. The predicted octanol–water partition coefficient (Wildman–Crippen LogP) is 5.55. The Bertz CT molecular complexity index is 1390. The summed E-state index contributed by atoms with van der Waals surface area (Å²) in [5.41, 5.74) is 3.65. The quantitative estimate of drug-likeness (QED) is 0.352. The zero-order chi connectivity index (χ0) is 25.9. The Kier molecular flexibility index (Phi) is 8.51. The van der Waals surface area contributed by atoms with Crippen LogP contribution in [0.1, 0.15) is 49.2 Å². The van der Waals surface area contributed by atoms with Crippen molar-refractivity contribution in [2.24, 2.45) is 16.8 Å². The SMILES string of the molecule is C=CCn1c(=NC(=O)c2ccc(S(=O)(=O)N(CC(C)C)CC(C)C)cc2)sc2c(C)cc(C)cc21. The van der Waals surface area contributed by atoms with E-state index in [4.69, 9.17) is 0 Å². The van der Waals surface area contributed by atoms with Crippen molar-refractivity contribution in [3.05, 3.63) is 70.5 Å². The van der Waals surface area contributed by atoms with Gasteiger partial charge >= 0.3 is 0 Å². The summed E-state index contributed by atoms with van der Waals surface area (Å²) in [7, 11) is -3.65. The number of nitrogens with zero attached hydrogens (tertiary/aromatic N) is 3. The molecule has 8 heteroatoms. The lowest BCUT2D eigenvalue weighted by atomic mass is 10.1. The van der Waals surface area contributed by atoms with Gasteiger partial charge in [0, 0.05) is 25.2 Å². The molecule has 0 aliphatic rings. The molecule has 0 unspecified atom stereocenters. The lowest BCUT2D eigenvalue weighted by molar-refractivity contribution is 0.0997. The average Bonchev–Trinajstić information content (AvgIpc) is 3.10. The number of fused-ring (bicyclic) bond motifs is 1. The molecule has 6 nitrogen and oxygen atoms in total. The Morgan fingerprint density at radius 2 is 1.69 bits per heavy atom. The Hall–Kier alpha value is -2.55. The maximum atomic E-state index is 13.3. The molecular weight excluding hydrogens is 478 g/mol. The minimum Gasteiger partial charge on any atom is -0.312 e. The number of sulfonamides is 1. The molecule has 2 aromatic carbocycles. The number of aryl methyl sites for hydroxylation is 2. The number of thiazole rings is 1. The minimum atomic E-state index is -3.65. The number of hydrogen-bond donors (Lipinski definition) is 0. The normalized spacial score (nSPS) is 12.9. The van der Waals surface area contributed by atoms with Crippen LogP contribution in [-0.4, -0.2) is 36.3 Å². The van der Waals surface area contributed by atoms with Crippen molar-refractivity contribution in [3.63, 3.8) is 0 Å². The summed E-state index contributed by atoms with van der Waals surface area (Å²) in [5, 5.41) is 0. The van der Waals surface area contributed by atoms with Crippen molar-refractivity contribution in [1.82, 2.24) is 8.87 Å². The highest BCUT2D eigenvalue weighted by Gasteiger charge is 2.26. The van der Waals surface area contributed by atoms with Crippen molar-refractivity contribution in [1.29, 1.82) is 0 Å². The zero-order valence-electron chi connectivity index (χ0n) is 21.4. The second-order valence-electron chi connectivity index (χ2n) is 9.77. The molecule has 35 heavy (non-hydrogen) atoms. The first-order chi connectivity index (χ1) is 16.4. The number of allylic oxidation sites excluding steroid dienone is 1. The third-order valence-corrected chi connectivity index (χ3v) is 8.58. The van der Waals surface area contributed by atoms with Crippen molar-refractivity contribution >= 4 is 37.5 Å². The second kappa shape index (κ2) is 11.0. The lowest BCUT2D eigenvalue weighted by Crippen LogP contribution is -2.37. The molecule has 1 aromatic heterocycles. The zero-order valence-corrected chi connectivity index (χ0v) is 23.0. The van der Waals surface area contributed by atoms with Gasteiger partial charge in [-0.25, -0.2) is 8.42 Å². The van der Waals surface area contributed by atoms with E-state index in [0.717, 1.165) is 21.3 Å². The van der Waals surface area contributed by atoms with Gasteiger partial charge in [0.2, 0.25) is 10.0 Å². The van der Waals surface area contributed by atoms with Gasteiger partial charge in [0.15, 0.2) is 4.80 Å². The Balaban J connectivity index is 1.98. The van der Waals surface area contributed by atoms with Gasteiger partial charge in [-0.3, -0.25) is 4.79 Å². The highest BCUT2D eigenvalue weighted by Crippen LogP contribution is 2.24. The number of carbonyl (C=O) groups excluding carboxylic acids is 1. The summed E-state index contributed by atoms with van der Waals surface area (Å²) in [6.07, 6.45) is 1.78. The summed E-state index contributed by atoms with van der Waals surface area (Å²) in [6, 6.07) is 10.3. The first kappa shape index (κ1) is 27.0. The summed E-state index contributed by atoms with van der Waals surface area (Å²) in [4.78, 5) is 18.2. The third-order valence-electron chi connectivity index (χ3n) is 5.50. The van der Waals surface area contributed by atoms with Gasteiger partial charge in [0.25, 0.3) is 5.91 Å². The van der Waals surface area contributed by atoms with Crippen LogP contribution in [0.3, 0.4) is 0 Å². The molecule has 3 aromatic rings. The van der Waals surface area contributed by atoms with Gasteiger partial charge in [-0.05, 0) is 67.1 Å². The Morgan fingerprint density at radius 3 is 2.23 bits per heavy atom. The van der Waals surface area contributed by atoms with Crippen LogP contribution in [0.25, 0.3) is 10.2 Å². The third kappa shape index (κ3) is 6.18. The first-order valence-corrected chi connectivity index (χ1v) is 14.1. The molecule has 0 spiro atoms. The Morgan fingerprint density at radius 1 is 1.09 bits per heavy atom. The fourth-order valence-electron chi connectivity index (χ4n) is 4.06. The fourth-order valence-corrected chi connectivity index (χ4v) is 6.91. The molecule has 0 aliphatic carbocycles. The molecule has 0 bridgehead atoms. The second-order valence-corrected chi connectivity index (χ2v) is 12.7. The van der Waals surface area contributed by atoms with Crippen LogP contribution in [0.5, 0.6) is 0 Å². The van der Waals surface area contributed by atoms with E-state index < -0.39 is 15.9 Å². The van der Waals surface area contributed by atoms with E-state index in [-0.39, 0.29) is 16.7 Å². The fraction of sp³-hybridized carbons (Fsp3) is 0.407. The predicted molar refractivity (Wildman–Crippen MR) is 144 cm³/mol. The van der Waals surface area contributed by atoms with Crippen LogP contribution < -0.4 is 4.80 Å². The van der Waals surface area contributed by atoms with E-state index >= 15 is 0 Å². The van der Waals surface area contributed by atoms with Crippen molar-refractivity contribution in [2.75, 3.05) is 13.1 Å². The molecule has 0 fully saturated rings. The number of benzene rings is 2. The summed E-state index contributed by atoms with van der Waals surface area (Å²) in [6.45, 7) is 17.4. The van der Waals surface area contributed by atoms with Crippen molar-refractivity contribution < 1.29 is 13.2 Å². The minimum absolute atomic E-state index is 0.185. The molecule has 1 heterocycles. The van der Waals surface area contributed by atoms with Gasteiger partial charge in [-0.1, -0.05) is 51.2 Å². The molecule has 0 saturated heterocycles. The highest BCUT2D eigenvalue weighted by atomic mass is 32.2. The van der Waals surface area contributed by atoms with Crippen molar-refractivity contribution in [3.8, 4) is 0 Å². The van der Waals surface area contributed by atoms with Gasteiger partial charge in [-0.2, -0.15) is 9.30 Å². The summed E-state index contributed by atoms with van der Waals surface area (Å²) in [5.74, 6) is 0.00671. The maximum Gasteiger partial charge on any atom is 0.279 e. The molecule has 3 rings (SSSR count). The van der Waals surface area contributed by atoms with E-state index in [2.05, 4.69) is 30.6 Å². The van der Waals surface area contributed by atoms with Crippen molar-refractivity contribution in [2.45, 2.75) is 53.0 Å². The van der Waals surface area contributed by atoms with Gasteiger partial charge < -0.3 is 4.57 Å². The van der Waals surface area contributed by atoms with Gasteiger partial charge in [0.05, 0.1) is 15.1 Å². The Labute approximate surface area is 212 Å². The molecular formula is C27H35N3O3S2. The van der Waals surface area contributed by atoms with Crippen LogP contribution >= 0.6 is 11.3 Å². The molecule has 0 atom stereocenters. The number of amides is 1. The van der Waals surface area contributed by atoms with E-state index in [1.165, 1.54) is 27.8 Å². The smallest absolute Gasteiger partial charge is 0.279 e. The largest absolute Gasteiger partial charge is 0.312 e. The van der Waals surface area contributed by atoms with E-state index in [1.807, 2.05) is 39.2 Å². The van der Waals surface area contributed by atoms with Crippen LogP contribution in [-0.2, 0) is 16.6 Å². The van der Waals surface area contributed by atoms with Gasteiger partial charge in [-0.15, -0.1) is 6.58 Å². The first-order valence-electron chi connectivity index (χ1n) is 11.8. The van der Waals surface area contributed by atoms with E-state index in [0.29, 0.717) is 30.0 Å². The van der Waals surface area contributed by atoms with Crippen LogP contribution in [0, 0.1) is 25.7 Å². The molecule has 0 N–H and O–H groups in total. The molecule has 1 amide bonds. The highest BCUT2D eigenvalue weighted by molar-refractivity contribution is 7.89. The maximum absolute atomic E-state index is 13.3. The summed E-state index contributed by atoms with van der Waals surface area (Å²) >= 11 is 1.47. The monoisotopic (exact) mass is 513 g/mol. The molecule has 0 radical (unpaired) electrons. The average molecular weight is 514 g/mol. The molecule has 0 aliphatic heterocycles. The van der Waals surface area contributed by atoms with E-state index in [1.54, 1.807) is 18.2 Å². The standard InChI is InChI=1S/C27H35N3O3S2/c1-8-13-30-24-15-20(6)14-21(7)25(24)34-27(30)28-26(31)22-9-11-23(12-10-22)35(32,33)29(16-18(2)3)17-19(4)5/h8-12,14-15,18-19H,1,13,16-17H2,2-7H3. The number of rotatable bonds is 9. The molecule has 0 saturated carbocycles. The van der Waals surface area contributed by atoms with Crippen LogP contribution in [0.2, 0.25) is 0 Å². The van der Waals surface area contributed by atoms with Crippen LogP contribution in [0.4, 0.5) is 0 Å². The summed E-state index contributed by atoms with van der Waals surface area (Å²) < 4.78 is 31.1.